The molecule has 2 N–H and O–H groups in total. The summed E-state index contributed by atoms with van der Waals surface area (Å²) in [5.41, 5.74) is -1.20. The minimum Gasteiger partial charge on any atom is -0.480 e. The maximum absolute atomic E-state index is 12.4. The lowest BCUT2D eigenvalue weighted by Gasteiger charge is -2.11. The Bertz CT molecular complexity index is 471. The molecule has 1 rings (SSSR count). The third kappa shape index (κ3) is 3.47. The average molecular weight is 261 g/mol. The first-order chi connectivity index (χ1) is 8.21. The number of carbonyl (C=O) groups is 2. The molecule has 1 aromatic rings. The highest BCUT2D eigenvalue weighted by molar-refractivity contribution is 5.96. The normalized spacial score (nSPS) is 12.9. The number of benzene rings is 1. The van der Waals surface area contributed by atoms with Crippen molar-refractivity contribution >= 4 is 11.9 Å². The molecule has 0 aliphatic rings. The summed E-state index contributed by atoms with van der Waals surface area (Å²) in [5, 5.41) is 10.6. The molecule has 0 fully saturated rings. The number of rotatable bonds is 3. The fourth-order valence-electron chi connectivity index (χ4n) is 1.18. The van der Waals surface area contributed by atoms with Gasteiger partial charge in [0, 0.05) is 5.56 Å². The van der Waals surface area contributed by atoms with Crippen LogP contribution in [0, 0.1) is 0 Å². The standard InChI is InChI=1S/C11H10F3NO3/c1-6(10(17)18)15-9(16)7-3-2-4-8(5-7)11(12,13)14/h2-6H,1H3,(H,15,16)(H,17,18). The minimum absolute atomic E-state index is 0.238. The molecular formula is C11H10F3NO3. The van der Waals surface area contributed by atoms with Crippen LogP contribution in [0.5, 0.6) is 0 Å². The lowest BCUT2D eigenvalue weighted by Crippen LogP contribution is -2.38. The van der Waals surface area contributed by atoms with Gasteiger partial charge in [-0.25, -0.2) is 0 Å². The third-order valence-electron chi connectivity index (χ3n) is 2.17. The van der Waals surface area contributed by atoms with E-state index in [0.717, 1.165) is 12.1 Å². The van der Waals surface area contributed by atoms with Gasteiger partial charge < -0.3 is 10.4 Å². The number of amides is 1. The Kier molecular flexibility index (Phi) is 3.95. The van der Waals surface area contributed by atoms with Crippen LogP contribution in [0.15, 0.2) is 24.3 Å². The number of carboxylic acids is 1. The van der Waals surface area contributed by atoms with Gasteiger partial charge in [0.1, 0.15) is 6.04 Å². The van der Waals surface area contributed by atoms with Gasteiger partial charge >= 0.3 is 12.1 Å². The Labute approximate surface area is 100 Å². The molecule has 18 heavy (non-hydrogen) atoms. The zero-order valence-corrected chi connectivity index (χ0v) is 9.28. The van der Waals surface area contributed by atoms with E-state index in [9.17, 15) is 22.8 Å². The van der Waals surface area contributed by atoms with Crippen LogP contribution < -0.4 is 5.32 Å². The highest BCUT2D eigenvalue weighted by Crippen LogP contribution is 2.29. The van der Waals surface area contributed by atoms with Crippen LogP contribution in [0.25, 0.3) is 0 Å². The number of carboxylic acid groups (broad SMARTS) is 1. The lowest BCUT2D eigenvalue weighted by molar-refractivity contribution is -0.139. The Morgan fingerprint density at radius 1 is 1.33 bits per heavy atom. The number of halogens is 3. The van der Waals surface area contributed by atoms with Crippen LogP contribution in [-0.4, -0.2) is 23.0 Å². The monoisotopic (exact) mass is 261 g/mol. The topological polar surface area (TPSA) is 66.4 Å². The summed E-state index contributed by atoms with van der Waals surface area (Å²) in [4.78, 5) is 22.0. The molecule has 0 aliphatic heterocycles. The van der Waals surface area contributed by atoms with Gasteiger partial charge in [-0.2, -0.15) is 13.2 Å². The number of carbonyl (C=O) groups excluding carboxylic acids is 1. The van der Waals surface area contributed by atoms with E-state index in [-0.39, 0.29) is 5.56 Å². The molecule has 1 unspecified atom stereocenters. The first-order valence-electron chi connectivity index (χ1n) is 4.92. The molecule has 7 heteroatoms. The van der Waals surface area contributed by atoms with Crippen molar-refractivity contribution in [1.82, 2.24) is 5.32 Å². The van der Waals surface area contributed by atoms with Crippen LogP contribution in [0.4, 0.5) is 13.2 Å². The number of nitrogens with one attached hydrogen (secondary N) is 1. The van der Waals surface area contributed by atoms with Crippen molar-refractivity contribution in [2.24, 2.45) is 0 Å². The predicted octanol–water partition coefficient (Wildman–Crippen LogP) is 1.91. The largest absolute Gasteiger partial charge is 0.480 e. The number of hydrogen-bond donors (Lipinski definition) is 2. The van der Waals surface area contributed by atoms with Crippen molar-refractivity contribution in [3.05, 3.63) is 35.4 Å². The Balaban J connectivity index is 2.91. The third-order valence-corrected chi connectivity index (χ3v) is 2.17. The van der Waals surface area contributed by atoms with Crippen LogP contribution >= 0.6 is 0 Å². The predicted molar refractivity (Wildman–Crippen MR) is 56.0 cm³/mol. The van der Waals surface area contributed by atoms with E-state index in [1.807, 2.05) is 0 Å². The zero-order valence-electron chi connectivity index (χ0n) is 9.28. The molecular weight excluding hydrogens is 251 g/mol. The molecule has 0 aliphatic carbocycles. The summed E-state index contributed by atoms with van der Waals surface area (Å²) in [5.74, 6) is -2.13. The Morgan fingerprint density at radius 3 is 2.44 bits per heavy atom. The zero-order chi connectivity index (χ0) is 13.9. The molecule has 0 saturated carbocycles. The fourth-order valence-corrected chi connectivity index (χ4v) is 1.18. The van der Waals surface area contributed by atoms with Crippen LogP contribution in [-0.2, 0) is 11.0 Å². The highest BCUT2D eigenvalue weighted by atomic mass is 19.4. The van der Waals surface area contributed by atoms with Crippen molar-refractivity contribution in [3.8, 4) is 0 Å². The van der Waals surface area contributed by atoms with Gasteiger partial charge in [-0.3, -0.25) is 9.59 Å². The van der Waals surface area contributed by atoms with Gasteiger partial charge in [0.15, 0.2) is 0 Å². The quantitative estimate of drug-likeness (QED) is 0.873. The lowest BCUT2D eigenvalue weighted by atomic mass is 10.1. The molecule has 4 nitrogen and oxygen atoms in total. The SMILES string of the molecule is CC(NC(=O)c1cccc(C(F)(F)F)c1)C(=O)O. The van der Waals surface area contributed by atoms with Gasteiger partial charge in [-0.15, -0.1) is 0 Å². The minimum atomic E-state index is -4.55. The summed E-state index contributed by atoms with van der Waals surface area (Å²) < 4.78 is 37.2. The summed E-state index contributed by atoms with van der Waals surface area (Å²) in [7, 11) is 0. The number of hydrogen-bond acceptors (Lipinski definition) is 2. The van der Waals surface area contributed by atoms with E-state index in [1.165, 1.54) is 13.0 Å². The summed E-state index contributed by atoms with van der Waals surface area (Å²) in [6, 6.07) is 2.59. The van der Waals surface area contributed by atoms with E-state index in [0.29, 0.717) is 6.07 Å². The fraction of sp³-hybridized carbons (Fsp3) is 0.273. The molecule has 1 amide bonds. The Morgan fingerprint density at radius 2 is 1.94 bits per heavy atom. The van der Waals surface area contributed by atoms with Crippen LogP contribution in [0.1, 0.15) is 22.8 Å². The van der Waals surface area contributed by atoms with Crippen molar-refractivity contribution in [2.45, 2.75) is 19.1 Å². The highest BCUT2D eigenvalue weighted by Gasteiger charge is 2.31. The number of alkyl halides is 3. The summed E-state index contributed by atoms with van der Waals surface area (Å²) in [6.07, 6.45) is -4.55. The maximum atomic E-state index is 12.4. The first kappa shape index (κ1) is 14.0. The van der Waals surface area contributed by atoms with Crippen LogP contribution in [0.2, 0.25) is 0 Å². The second kappa shape index (κ2) is 5.07. The van der Waals surface area contributed by atoms with Crippen LogP contribution in [0.3, 0.4) is 0 Å². The molecule has 0 heterocycles. The summed E-state index contributed by atoms with van der Waals surface area (Å²) in [6.45, 7) is 1.22. The molecule has 1 atom stereocenters. The van der Waals surface area contributed by atoms with E-state index in [4.69, 9.17) is 5.11 Å². The molecule has 1 aromatic carbocycles. The van der Waals surface area contributed by atoms with E-state index >= 15 is 0 Å². The van der Waals surface area contributed by atoms with Gasteiger partial charge in [0.05, 0.1) is 5.56 Å². The summed E-state index contributed by atoms with van der Waals surface area (Å²) >= 11 is 0. The van der Waals surface area contributed by atoms with Gasteiger partial charge in [0.25, 0.3) is 5.91 Å². The molecule has 0 bridgehead atoms. The second-order valence-corrected chi connectivity index (χ2v) is 3.61. The smallest absolute Gasteiger partial charge is 0.416 e. The van der Waals surface area contributed by atoms with Crippen molar-refractivity contribution < 1.29 is 27.9 Å². The molecule has 0 aromatic heterocycles. The molecule has 0 spiro atoms. The van der Waals surface area contributed by atoms with Crippen molar-refractivity contribution in [2.75, 3.05) is 0 Å². The second-order valence-electron chi connectivity index (χ2n) is 3.61. The van der Waals surface area contributed by atoms with Crippen molar-refractivity contribution in [3.63, 3.8) is 0 Å². The Hall–Kier alpha value is -2.05. The average Bonchev–Trinajstić information content (AvgIpc) is 2.27. The maximum Gasteiger partial charge on any atom is 0.416 e. The van der Waals surface area contributed by atoms with E-state index < -0.39 is 29.7 Å². The van der Waals surface area contributed by atoms with E-state index in [1.54, 1.807) is 0 Å². The van der Waals surface area contributed by atoms with E-state index in [2.05, 4.69) is 5.32 Å². The molecule has 0 radical (unpaired) electrons. The number of aliphatic carboxylic acids is 1. The van der Waals surface area contributed by atoms with Crippen molar-refractivity contribution in [1.29, 1.82) is 0 Å². The first-order valence-corrected chi connectivity index (χ1v) is 4.92. The van der Waals surface area contributed by atoms with Gasteiger partial charge in [-0.1, -0.05) is 6.07 Å². The molecule has 98 valence electrons. The van der Waals surface area contributed by atoms with Gasteiger partial charge in [0.2, 0.25) is 0 Å². The molecule has 0 saturated heterocycles. The van der Waals surface area contributed by atoms with Gasteiger partial charge in [-0.05, 0) is 25.1 Å².